The standard InChI is InChI=1S/C21H18Cl2N2O4S/c1-11-7-13(3-5-15(11)18-6-4-14(10-26)29-18)24-21(30)25-20(27)12-8-16(22)19(28-2)17(23)9-12/h3-9,26H,10H2,1-2H3,(H2,24,25,27,30). The van der Waals surface area contributed by atoms with Gasteiger partial charge in [-0.3, -0.25) is 10.1 Å². The second-order valence-electron chi connectivity index (χ2n) is 6.34. The number of aliphatic hydroxyl groups is 1. The van der Waals surface area contributed by atoms with Gasteiger partial charge in [0.25, 0.3) is 5.91 Å². The topological polar surface area (TPSA) is 83.7 Å². The van der Waals surface area contributed by atoms with E-state index in [0.29, 0.717) is 23.0 Å². The summed E-state index contributed by atoms with van der Waals surface area (Å²) >= 11 is 17.4. The van der Waals surface area contributed by atoms with Gasteiger partial charge in [0.15, 0.2) is 10.9 Å². The highest BCUT2D eigenvalue weighted by Crippen LogP contribution is 2.33. The van der Waals surface area contributed by atoms with E-state index in [4.69, 9.17) is 49.7 Å². The van der Waals surface area contributed by atoms with Crippen molar-refractivity contribution in [1.82, 2.24) is 5.32 Å². The Bertz CT molecular complexity index is 1090. The number of anilines is 1. The van der Waals surface area contributed by atoms with Crippen LogP contribution in [-0.2, 0) is 6.61 Å². The summed E-state index contributed by atoms with van der Waals surface area (Å²) in [5, 5.41) is 15.3. The molecule has 0 aliphatic heterocycles. The van der Waals surface area contributed by atoms with Crippen LogP contribution in [0, 0.1) is 6.92 Å². The van der Waals surface area contributed by atoms with Gasteiger partial charge in [0, 0.05) is 16.8 Å². The summed E-state index contributed by atoms with van der Waals surface area (Å²) in [4.78, 5) is 12.5. The summed E-state index contributed by atoms with van der Waals surface area (Å²) in [5.41, 5.74) is 2.76. The van der Waals surface area contributed by atoms with Crippen molar-refractivity contribution >= 4 is 52.1 Å². The Balaban J connectivity index is 1.69. The Hall–Kier alpha value is -2.58. The molecule has 0 bridgehead atoms. The van der Waals surface area contributed by atoms with Crippen LogP contribution in [0.5, 0.6) is 5.75 Å². The van der Waals surface area contributed by atoms with Gasteiger partial charge in [0.2, 0.25) is 0 Å². The molecule has 1 aromatic heterocycles. The first kappa shape index (κ1) is 22.1. The number of carbonyl (C=O) groups excluding carboxylic acids is 1. The molecule has 156 valence electrons. The number of ether oxygens (including phenoxy) is 1. The van der Waals surface area contributed by atoms with Crippen molar-refractivity contribution < 1.29 is 19.1 Å². The largest absolute Gasteiger partial charge is 0.494 e. The lowest BCUT2D eigenvalue weighted by Crippen LogP contribution is -2.34. The van der Waals surface area contributed by atoms with Gasteiger partial charge < -0.3 is 19.6 Å². The molecule has 0 spiro atoms. The molecule has 1 heterocycles. The van der Waals surface area contributed by atoms with Gasteiger partial charge in [-0.05, 0) is 67.2 Å². The first-order valence-corrected chi connectivity index (χ1v) is 9.94. The first-order chi connectivity index (χ1) is 14.3. The third kappa shape index (κ3) is 4.94. The van der Waals surface area contributed by atoms with Crippen LogP contribution >= 0.6 is 35.4 Å². The maximum atomic E-state index is 12.5. The van der Waals surface area contributed by atoms with Crippen molar-refractivity contribution in [1.29, 1.82) is 0 Å². The van der Waals surface area contributed by atoms with E-state index in [1.807, 2.05) is 25.1 Å². The number of benzene rings is 2. The molecule has 0 aliphatic rings. The zero-order valence-electron chi connectivity index (χ0n) is 16.1. The number of carbonyl (C=O) groups is 1. The van der Waals surface area contributed by atoms with Gasteiger partial charge in [0.1, 0.15) is 18.1 Å². The Kier molecular flexibility index (Phi) is 6.99. The van der Waals surface area contributed by atoms with Gasteiger partial charge in [-0.2, -0.15) is 0 Å². The molecule has 0 fully saturated rings. The maximum Gasteiger partial charge on any atom is 0.257 e. The molecule has 0 radical (unpaired) electrons. The lowest BCUT2D eigenvalue weighted by Gasteiger charge is -2.12. The maximum absolute atomic E-state index is 12.5. The molecule has 30 heavy (non-hydrogen) atoms. The normalized spacial score (nSPS) is 10.6. The van der Waals surface area contributed by atoms with Crippen molar-refractivity contribution in [3.63, 3.8) is 0 Å². The number of rotatable bonds is 5. The minimum atomic E-state index is -0.459. The first-order valence-electron chi connectivity index (χ1n) is 8.78. The Morgan fingerprint density at radius 2 is 1.87 bits per heavy atom. The van der Waals surface area contributed by atoms with Gasteiger partial charge >= 0.3 is 0 Å². The molecule has 0 unspecified atom stereocenters. The molecule has 2 aromatic carbocycles. The number of aryl methyl sites for hydroxylation is 1. The van der Waals surface area contributed by atoms with Crippen LogP contribution in [0.15, 0.2) is 46.9 Å². The summed E-state index contributed by atoms with van der Waals surface area (Å²) in [7, 11) is 1.44. The van der Waals surface area contributed by atoms with Crippen molar-refractivity contribution in [2.24, 2.45) is 0 Å². The Labute approximate surface area is 188 Å². The molecule has 0 saturated heterocycles. The van der Waals surface area contributed by atoms with Crippen LogP contribution in [0.3, 0.4) is 0 Å². The van der Waals surface area contributed by atoms with Crippen LogP contribution in [0.4, 0.5) is 5.69 Å². The predicted molar refractivity (Wildman–Crippen MR) is 122 cm³/mol. The SMILES string of the molecule is COc1c(Cl)cc(C(=O)NC(=S)Nc2ccc(-c3ccc(CO)o3)c(C)c2)cc1Cl. The quantitative estimate of drug-likeness (QED) is 0.450. The number of hydrogen-bond donors (Lipinski definition) is 3. The van der Waals surface area contributed by atoms with E-state index in [9.17, 15) is 4.79 Å². The zero-order valence-corrected chi connectivity index (χ0v) is 18.4. The van der Waals surface area contributed by atoms with E-state index in [-0.39, 0.29) is 27.3 Å². The Morgan fingerprint density at radius 1 is 1.17 bits per heavy atom. The minimum Gasteiger partial charge on any atom is -0.494 e. The summed E-state index contributed by atoms with van der Waals surface area (Å²) in [6.07, 6.45) is 0. The molecule has 3 rings (SSSR count). The number of halogens is 2. The summed E-state index contributed by atoms with van der Waals surface area (Å²) in [5.74, 6) is 0.995. The summed E-state index contributed by atoms with van der Waals surface area (Å²) in [6.45, 7) is 1.77. The Morgan fingerprint density at radius 3 is 2.43 bits per heavy atom. The second-order valence-corrected chi connectivity index (χ2v) is 7.56. The number of amides is 1. The molecular weight excluding hydrogens is 447 g/mol. The van der Waals surface area contributed by atoms with Crippen LogP contribution in [-0.4, -0.2) is 23.2 Å². The number of aliphatic hydroxyl groups excluding tert-OH is 1. The van der Waals surface area contributed by atoms with Crippen LogP contribution in [0.2, 0.25) is 10.0 Å². The number of methoxy groups -OCH3 is 1. The monoisotopic (exact) mass is 464 g/mol. The van der Waals surface area contributed by atoms with Gasteiger partial charge in [-0.1, -0.05) is 23.2 Å². The van der Waals surface area contributed by atoms with E-state index in [1.165, 1.54) is 19.2 Å². The van der Waals surface area contributed by atoms with Crippen LogP contribution < -0.4 is 15.4 Å². The number of furan rings is 1. The average Bonchev–Trinajstić information content (AvgIpc) is 3.16. The molecule has 3 N–H and O–H groups in total. The molecule has 0 saturated carbocycles. The molecular formula is C21H18Cl2N2O4S. The number of thiocarbonyl (C=S) groups is 1. The van der Waals surface area contributed by atoms with E-state index in [0.717, 1.165) is 11.1 Å². The van der Waals surface area contributed by atoms with E-state index < -0.39 is 5.91 Å². The van der Waals surface area contributed by atoms with Crippen LogP contribution in [0.25, 0.3) is 11.3 Å². The lowest BCUT2D eigenvalue weighted by molar-refractivity contribution is 0.0977. The van der Waals surface area contributed by atoms with Crippen LogP contribution in [0.1, 0.15) is 21.7 Å². The summed E-state index contributed by atoms with van der Waals surface area (Å²) < 4.78 is 10.7. The highest BCUT2D eigenvalue weighted by Gasteiger charge is 2.15. The van der Waals surface area contributed by atoms with Crippen molar-refractivity contribution in [2.45, 2.75) is 13.5 Å². The molecule has 9 heteroatoms. The smallest absolute Gasteiger partial charge is 0.257 e. The van der Waals surface area contributed by atoms with E-state index in [2.05, 4.69) is 10.6 Å². The highest BCUT2D eigenvalue weighted by molar-refractivity contribution is 7.80. The third-order valence-electron chi connectivity index (χ3n) is 4.26. The minimum absolute atomic E-state index is 0.121. The van der Waals surface area contributed by atoms with Gasteiger partial charge in [-0.25, -0.2) is 0 Å². The van der Waals surface area contributed by atoms with E-state index in [1.54, 1.807) is 12.1 Å². The fourth-order valence-electron chi connectivity index (χ4n) is 2.85. The van der Waals surface area contributed by atoms with Crippen molar-refractivity contribution in [3.8, 4) is 17.1 Å². The molecule has 6 nitrogen and oxygen atoms in total. The van der Waals surface area contributed by atoms with E-state index >= 15 is 0 Å². The molecule has 0 atom stereocenters. The number of hydrogen-bond acceptors (Lipinski definition) is 5. The fraction of sp³-hybridized carbons (Fsp3) is 0.143. The molecule has 0 aliphatic carbocycles. The van der Waals surface area contributed by atoms with Gasteiger partial charge in [0.05, 0.1) is 17.2 Å². The zero-order chi connectivity index (χ0) is 21.8. The molecule has 3 aromatic rings. The third-order valence-corrected chi connectivity index (χ3v) is 5.02. The van der Waals surface area contributed by atoms with Crippen molar-refractivity contribution in [2.75, 3.05) is 12.4 Å². The fourth-order valence-corrected chi connectivity index (χ4v) is 3.70. The molecule has 1 amide bonds. The lowest BCUT2D eigenvalue weighted by atomic mass is 10.1. The average molecular weight is 465 g/mol. The number of nitrogens with one attached hydrogen (secondary N) is 2. The predicted octanol–water partition coefficient (Wildman–Crippen LogP) is 5.19. The second kappa shape index (κ2) is 9.49. The van der Waals surface area contributed by atoms with Crippen molar-refractivity contribution in [3.05, 3.63) is 69.4 Å². The highest BCUT2D eigenvalue weighted by atomic mass is 35.5. The summed E-state index contributed by atoms with van der Waals surface area (Å²) in [6, 6.07) is 12.0. The van der Waals surface area contributed by atoms with Gasteiger partial charge in [-0.15, -0.1) is 0 Å².